The third-order valence-corrected chi connectivity index (χ3v) is 30.3. The van der Waals surface area contributed by atoms with Gasteiger partial charge in [-0.2, -0.15) is 0 Å². The summed E-state index contributed by atoms with van der Waals surface area (Å²) in [5.74, 6) is 1.21. The van der Waals surface area contributed by atoms with Gasteiger partial charge in [-0.1, -0.05) is 0 Å². The number of hydrogen-bond acceptors (Lipinski definition) is 0. The summed E-state index contributed by atoms with van der Waals surface area (Å²) in [6.07, 6.45) is 10.3. The molecule has 0 aliphatic heterocycles. The van der Waals surface area contributed by atoms with Crippen LogP contribution in [0.3, 0.4) is 0 Å². The van der Waals surface area contributed by atoms with E-state index in [0.29, 0.717) is 11.8 Å². The average molecular weight is 582 g/mol. The Labute approximate surface area is 177 Å². The number of allylic oxidation sites excluding steroid dienone is 8. The van der Waals surface area contributed by atoms with Crippen LogP contribution < -0.4 is 0 Å². The van der Waals surface area contributed by atoms with Gasteiger partial charge in [0.15, 0.2) is 0 Å². The van der Waals surface area contributed by atoms with Gasteiger partial charge in [0.25, 0.3) is 0 Å². The van der Waals surface area contributed by atoms with Gasteiger partial charge < -0.3 is 0 Å². The fourth-order valence-corrected chi connectivity index (χ4v) is 28.1. The van der Waals surface area contributed by atoms with Gasteiger partial charge in [-0.15, -0.1) is 24.8 Å². The Morgan fingerprint density at radius 1 is 0.731 bits per heavy atom. The number of rotatable bonds is 2. The number of hydrogen-bond donors (Lipinski definition) is 0. The summed E-state index contributed by atoms with van der Waals surface area (Å²) >= 11 is -3.23. The molecule has 0 aromatic rings. The molecular formula is C22H40Cl2HfSi. The minimum atomic E-state index is -3.23. The second-order valence-corrected chi connectivity index (χ2v) is 52.0. The van der Waals surface area contributed by atoms with Crippen LogP contribution in [0.15, 0.2) is 42.1 Å². The topological polar surface area (TPSA) is 0 Å². The molecule has 2 unspecified atom stereocenters. The summed E-state index contributed by atoms with van der Waals surface area (Å²) in [5, 5.41) is 0. The van der Waals surface area contributed by atoms with E-state index in [-0.39, 0.29) is 35.6 Å². The molecule has 0 amide bonds. The Morgan fingerprint density at radius 2 is 1.00 bits per heavy atom. The van der Waals surface area contributed by atoms with Gasteiger partial charge >= 0.3 is 154 Å². The average Bonchev–Trinajstić information content (AvgIpc) is 2.91. The van der Waals surface area contributed by atoms with Crippen molar-refractivity contribution in [2.75, 3.05) is 0 Å². The molecule has 0 heterocycles. The third kappa shape index (κ3) is 4.96. The zero-order valence-electron chi connectivity index (χ0n) is 18.5. The van der Waals surface area contributed by atoms with Crippen LogP contribution in [0.25, 0.3) is 0 Å². The van der Waals surface area contributed by atoms with E-state index in [4.69, 9.17) is 0 Å². The maximum absolute atomic E-state index is 3.23. The normalized spacial score (nSPS) is 24.1. The molecule has 150 valence electrons. The Morgan fingerprint density at radius 3 is 1.19 bits per heavy atom. The first-order valence-electron chi connectivity index (χ1n) is 9.48. The Bertz CT molecular complexity index is 688. The minimum Gasteiger partial charge on any atom is -0.147 e. The molecule has 0 spiro atoms. The van der Waals surface area contributed by atoms with E-state index >= 15 is 0 Å². The first kappa shape index (κ1) is 26.6. The second kappa shape index (κ2) is 7.80. The van der Waals surface area contributed by atoms with Crippen LogP contribution in [0, 0.1) is 22.7 Å². The van der Waals surface area contributed by atoms with Crippen LogP contribution in [0.2, 0.25) is 9.36 Å². The van der Waals surface area contributed by atoms with Crippen molar-refractivity contribution in [3.63, 3.8) is 0 Å². The largest absolute Gasteiger partial charge is 0.147 e. The Balaban J connectivity index is 0.00000312. The van der Waals surface area contributed by atoms with E-state index < -0.39 is 17.1 Å². The van der Waals surface area contributed by atoms with E-state index in [2.05, 4.69) is 96.0 Å². The van der Waals surface area contributed by atoms with Crippen molar-refractivity contribution in [2.45, 2.75) is 64.8 Å². The van der Waals surface area contributed by atoms with Gasteiger partial charge in [0, 0.05) is 0 Å². The first-order chi connectivity index (χ1) is 10.5. The predicted octanol–water partition coefficient (Wildman–Crippen LogP) is 7.18. The molecule has 4 heteroatoms. The quantitative estimate of drug-likeness (QED) is 0.303. The summed E-state index contributed by atoms with van der Waals surface area (Å²) in [7, 11) is 0. The summed E-state index contributed by atoms with van der Waals surface area (Å²) in [6.45, 7) is 21.3. The smallest absolute Gasteiger partial charge is 0.147 e. The molecule has 0 radical (unpaired) electrons. The van der Waals surface area contributed by atoms with Gasteiger partial charge in [-0.25, -0.2) is 0 Å². The van der Waals surface area contributed by atoms with Crippen LogP contribution in [-0.4, -0.2) is 6.94 Å². The van der Waals surface area contributed by atoms with Crippen LogP contribution in [-0.2, 0) is 17.1 Å². The van der Waals surface area contributed by atoms with E-state index in [1.165, 1.54) is 0 Å². The molecule has 2 atom stereocenters. The molecule has 0 fully saturated rings. The van der Waals surface area contributed by atoms with Crippen molar-refractivity contribution >= 4 is 31.8 Å². The van der Waals surface area contributed by atoms with E-state index in [1.807, 2.05) is 0 Å². The van der Waals surface area contributed by atoms with Crippen molar-refractivity contribution in [1.82, 2.24) is 0 Å². The minimum absolute atomic E-state index is 0. The molecule has 2 aliphatic carbocycles. The van der Waals surface area contributed by atoms with Crippen molar-refractivity contribution in [3.05, 3.63) is 42.1 Å². The summed E-state index contributed by atoms with van der Waals surface area (Å²) < 4.78 is 8.91. The molecule has 0 aromatic heterocycles. The molecule has 0 nitrogen and oxygen atoms in total. The Kier molecular flexibility index (Phi) is 7.99. The molecule has 0 bridgehead atoms. The number of halogens is 2. The fraction of sp³-hybridized carbons (Fsp3) is 0.636. The molecule has 2 rings (SSSR count). The summed E-state index contributed by atoms with van der Waals surface area (Å²) in [6, 6.07) is 0. The molecule has 0 saturated heterocycles. The monoisotopic (exact) mass is 582 g/mol. The molecular weight excluding hydrogens is 542 g/mol. The predicted molar refractivity (Wildman–Crippen MR) is 124 cm³/mol. The van der Waals surface area contributed by atoms with Gasteiger partial charge in [0.2, 0.25) is 0 Å². The maximum atomic E-state index is 2.67. The fourth-order valence-electron chi connectivity index (χ4n) is 4.44. The molecule has 0 aromatic carbocycles. The van der Waals surface area contributed by atoms with Crippen LogP contribution in [0.4, 0.5) is 0 Å². The maximum Gasteiger partial charge on any atom is -0.147 e. The standard InChI is InChI=1S/2C10H15.2CH3.2ClH.Hf.H2Si/c2*1-8-5-6-9(7-8)10(2,3)4;;;;;;/h2*6-8H,1-4H3;2*1H3;2*1H;;1H2. The van der Waals surface area contributed by atoms with Crippen LogP contribution in [0.1, 0.15) is 55.4 Å². The third-order valence-electron chi connectivity index (χ3n) is 6.05. The second-order valence-electron chi connectivity index (χ2n) is 11.2. The molecule has 0 N–H and O–H groups in total. The zero-order chi connectivity index (χ0) is 18.7. The Hall–Kier alpha value is 0.627. The van der Waals surface area contributed by atoms with Crippen molar-refractivity contribution in [2.24, 2.45) is 22.7 Å². The van der Waals surface area contributed by atoms with E-state index in [1.54, 1.807) is 17.8 Å². The van der Waals surface area contributed by atoms with E-state index in [0.717, 1.165) is 0 Å². The molecule has 0 saturated carbocycles. The zero-order valence-corrected chi connectivity index (χ0v) is 25.1. The van der Waals surface area contributed by atoms with E-state index in [9.17, 15) is 0 Å². The van der Waals surface area contributed by atoms with Crippen molar-refractivity contribution in [1.29, 1.82) is 0 Å². The van der Waals surface area contributed by atoms with Crippen molar-refractivity contribution < 1.29 is 17.1 Å². The van der Waals surface area contributed by atoms with Gasteiger partial charge in [-0.3, -0.25) is 0 Å². The SMILES string of the molecule is CC1C=C(C(C)(C)C)C=[C]1[Hf]([CH3])([CH3])(=[SiH2])[C]1=CC(C(C)(C)C)=CC1C.Cl.Cl. The van der Waals surface area contributed by atoms with Crippen LogP contribution >= 0.6 is 24.8 Å². The van der Waals surface area contributed by atoms with Crippen molar-refractivity contribution in [3.8, 4) is 0 Å². The molecule has 26 heavy (non-hydrogen) atoms. The first-order valence-corrected chi connectivity index (χ1v) is 28.6. The molecule has 2 aliphatic rings. The van der Waals surface area contributed by atoms with Crippen LogP contribution in [0.5, 0.6) is 0 Å². The summed E-state index contributed by atoms with van der Waals surface area (Å²) in [4.78, 5) is 0. The summed E-state index contributed by atoms with van der Waals surface area (Å²) in [5.41, 5.74) is 3.59. The van der Waals surface area contributed by atoms with Gasteiger partial charge in [0.05, 0.1) is 0 Å². The van der Waals surface area contributed by atoms with Gasteiger partial charge in [0.1, 0.15) is 0 Å². The van der Waals surface area contributed by atoms with Gasteiger partial charge in [-0.05, 0) is 0 Å².